The molecule has 0 saturated carbocycles. The first-order chi connectivity index (χ1) is 12.8. The van der Waals surface area contributed by atoms with Crippen LogP contribution in [0.15, 0.2) is 24.3 Å². The molecule has 0 saturated heterocycles. The van der Waals surface area contributed by atoms with Crippen molar-refractivity contribution in [2.45, 2.75) is 55.9 Å². The topological polar surface area (TPSA) is 62.4 Å². The van der Waals surface area contributed by atoms with Gasteiger partial charge in [-0.25, -0.2) is 4.79 Å². The summed E-state index contributed by atoms with van der Waals surface area (Å²) >= 11 is 22.9. The first kappa shape index (κ1) is 24.1. The fraction of sp³-hybridized carbons (Fsp3) is 0.556. The number of thiocarbonyl (C=S) groups is 1. The Morgan fingerprint density at radius 3 is 2.33 bits per heavy atom. The third-order valence-corrected chi connectivity index (χ3v) is 4.55. The van der Waals surface area contributed by atoms with E-state index in [1.807, 2.05) is 12.1 Å². The average molecular weight is 455 g/mol. The van der Waals surface area contributed by atoms with Crippen LogP contribution in [0.25, 0.3) is 0 Å². The molecule has 1 rings (SSSR count). The molecule has 0 spiro atoms. The molecule has 1 aromatic rings. The van der Waals surface area contributed by atoms with Crippen molar-refractivity contribution in [1.82, 2.24) is 10.6 Å². The van der Waals surface area contributed by atoms with Crippen molar-refractivity contribution in [2.24, 2.45) is 0 Å². The molecule has 0 bridgehead atoms. The lowest BCUT2D eigenvalue weighted by molar-refractivity contribution is 0.147. The van der Waals surface area contributed by atoms with Crippen LogP contribution in [-0.4, -0.2) is 27.8 Å². The van der Waals surface area contributed by atoms with E-state index in [1.165, 1.54) is 31.2 Å². The van der Waals surface area contributed by atoms with Gasteiger partial charge in [0.25, 0.3) is 0 Å². The monoisotopic (exact) mass is 453 g/mol. The van der Waals surface area contributed by atoms with Gasteiger partial charge in [-0.15, -0.1) is 0 Å². The molecule has 0 aliphatic carbocycles. The molecule has 0 unspecified atom stereocenters. The lowest BCUT2D eigenvalue weighted by atomic mass is 10.1. The molecule has 3 N–H and O–H groups in total. The Kier molecular flexibility index (Phi) is 11.1. The van der Waals surface area contributed by atoms with E-state index in [0.717, 1.165) is 12.1 Å². The molecule has 0 radical (unpaired) electrons. The number of anilines is 1. The fourth-order valence-corrected chi connectivity index (χ4v) is 2.86. The molecule has 5 nitrogen and oxygen atoms in total. The number of alkyl carbamates (subject to hydrolysis) is 1. The van der Waals surface area contributed by atoms with E-state index >= 15 is 0 Å². The number of hydrogen-bond acceptors (Lipinski definition) is 3. The van der Waals surface area contributed by atoms with Crippen molar-refractivity contribution in [3.63, 3.8) is 0 Å². The van der Waals surface area contributed by atoms with Crippen molar-refractivity contribution >= 4 is 63.9 Å². The Labute approximate surface area is 181 Å². The lowest BCUT2D eigenvalue weighted by Gasteiger charge is -2.27. The van der Waals surface area contributed by atoms with Gasteiger partial charge in [-0.3, -0.25) is 5.32 Å². The smallest absolute Gasteiger partial charge is 0.408 e. The van der Waals surface area contributed by atoms with Gasteiger partial charge in [0.1, 0.15) is 0 Å². The van der Waals surface area contributed by atoms with Gasteiger partial charge in [-0.1, -0.05) is 73.1 Å². The molecule has 27 heavy (non-hydrogen) atoms. The number of aryl methyl sites for hydroxylation is 1. The summed E-state index contributed by atoms with van der Waals surface area (Å²) < 4.78 is 2.98. The van der Waals surface area contributed by atoms with Gasteiger partial charge in [0.2, 0.25) is 3.79 Å². The summed E-state index contributed by atoms with van der Waals surface area (Å²) in [4.78, 5) is 11.6. The van der Waals surface area contributed by atoms with Crippen molar-refractivity contribution in [3.05, 3.63) is 29.8 Å². The number of rotatable bonds is 9. The van der Waals surface area contributed by atoms with Crippen LogP contribution < -0.4 is 16.0 Å². The molecular formula is C18H26Cl3N3O2S. The SMILES string of the molecule is CCCCCCc1ccc(NC(=S)N[C@@H](NC(=O)OCC)C(Cl)(Cl)Cl)cc1. The molecule has 152 valence electrons. The number of amides is 1. The fourth-order valence-electron chi connectivity index (χ4n) is 2.30. The second-order valence-electron chi connectivity index (χ2n) is 5.95. The quantitative estimate of drug-likeness (QED) is 0.198. The Morgan fingerprint density at radius 2 is 1.78 bits per heavy atom. The van der Waals surface area contributed by atoms with Gasteiger partial charge >= 0.3 is 6.09 Å². The molecule has 1 amide bonds. The highest BCUT2D eigenvalue weighted by Crippen LogP contribution is 2.29. The molecule has 0 aromatic heterocycles. The summed E-state index contributed by atoms with van der Waals surface area (Å²) in [6.07, 6.45) is 4.22. The predicted octanol–water partition coefficient (Wildman–Crippen LogP) is 5.54. The second-order valence-corrected chi connectivity index (χ2v) is 8.72. The second kappa shape index (κ2) is 12.5. The molecule has 0 fully saturated rings. The van der Waals surface area contributed by atoms with E-state index in [0.29, 0.717) is 0 Å². The standard InChI is InChI=1S/C18H26Cl3N3O2S/c1-3-5-6-7-8-13-9-11-14(12-10-13)22-16(27)23-15(18(19,20)21)24-17(25)26-4-2/h9-12,15H,3-8H2,1-2H3,(H,24,25)(H2,22,23,27)/t15-/m0/s1. The summed E-state index contributed by atoms with van der Waals surface area (Å²) in [6.45, 7) is 4.08. The van der Waals surface area contributed by atoms with Gasteiger partial charge in [-0.2, -0.15) is 0 Å². The van der Waals surface area contributed by atoms with Crippen LogP contribution in [0.5, 0.6) is 0 Å². The minimum Gasteiger partial charge on any atom is -0.450 e. The maximum absolute atomic E-state index is 11.6. The Balaban J connectivity index is 2.56. The highest BCUT2D eigenvalue weighted by molar-refractivity contribution is 7.80. The number of nitrogens with one attached hydrogen (secondary N) is 3. The van der Waals surface area contributed by atoms with Crippen molar-refractivity contribution in [2.75, 3.05) is 11.9 Å². The third-order valence-electron chi connectivity index (χ3n) is 3.67. The zero-order valence-corrected chi connectivity index (χ0v) is 18.6. The Morgan fingerprint density at radius 1 is 1.11 bits per heavy atom. The molecule has 0 heterocycles. The van der Waals surface area contributed by atoms with Gasteiger partial charge in [0.15, 0.2) is 11.3 Å². The summed E-state index contributed by atoms with van der Waals surface area (Å²) in [5, 5.41) is 8.40. The molecule has 0 aliphatic heterocycles. The van der Waals surface area contributed by atoms with Crippen LogP contribution in [0.2, 0.25) is 0 Å². The maximum atomic E-state index is 11.6. The predicted molar refractivity (Wildman–Crippen MR) is 118 cm³/mol. The van der Waals surface area contributed by atoms with Crippen LogP contribution in [0.1, 0.15) is 45.1 Å². The molecule has 0 aliphatic rings. The number of halogens is 3. The van der Waals surface area contributed by atoms with Gasteiger partial charge < -0.3 is 15.4 Å². The Hall–Kier alpha value is -0.950. The van der Waals surface area contributed by atoms with Crippen LogP contribution in [0.4, 0.5) is 10.5 Å². The lowest BCUT2D eigenvalue weighted by Crippen LogP contribution is -2.56. The summed E-state index contributed by atoms with van der Waals surface area (Å²) in [5.41, 5.74) is 2.07. The summed E-state index contributed by atoms with van der Waals surface area (Å²) in [7, 11) is 0. The average Bonchev–Trinajstić information content (AvgIpc) is 2.59. The highest BCUT2D eigenvalue weighted by atomic mass is 35.6. The minimum absolute atomic E-state index is 0.200. The third kappa shape index (κ3) is 10.2. The number of unbranched alkanes of at least 4 members (excludes halogenated alkanes) is 3. The van der Waals surface area contributed by atoms with Crippen LogP contribution in [0.3, 0.4) is 0 Å². The Bertz CT molecular complexity index is 595. The van der Waals surface area contributed by atoms with E-state index in [-0.39, 0.29) is 11.7 Å². The van der Waals surface area contributed by atoms with E-state index in [9.17, 15) is 4.79 Å². The molecule has 1 atom stereocenters. The number of benzene rings is 1. The van der Waals surface area contributed by atoms with Crippen molar-refractivity contribution in [3.8, 4) is 0 Å². The maximum Gasteiger partial charge on any atom is 0.408 e. The minimum atomic E-state index is -1.82. The largest absolute Gasteiger partial charge is 0.450 e. The number of alkyl halides is 3. The number of hydrogen-bond donors (Lipinski definition) is 3. The van der Waals surface area contributed by atoms with E-state index in [4.69, 9.17) is 51.8 Å². The van der Waals surface area contributed by atoms with E-state index in [1.54, 1.807) is 6.92 Å². The van der Waals surface area contributed by atoms with Crippen LogP contribution in [-0.2, 0) is 11.2 Å². The molecule has 1 aromatic carbocycles. The van der Waals surface area contributed by atoms with Crippen molar-refractivity contribution in [1.29, 1.82) is 0 Å². The number of ether oxygens (including phenoxy) is 1. The number of carbonyl (C=O) groups excluding carboxylic acids is 1. The van der Waals surface area contributed by atoms with Crippen LogP contribution >= 0.6 is 47.0 Å². The van der Waals surface area contributed by atoms with Crippen LogP contribution in [0, 0.1) is 0 Å². The molecule has 9 heteroatoms. The zero-order valence-electron chi connectivity index (χ0n) is 15.5. The summed E-state index contributed by atoms with van der Waals surface area (Å²) in [6, 6.07) is 7.98. The first-order valence-electron chi connectivity index (χ1n) is 8.92. The normalized spacial score (nSPS) is 12.2. The zero-order chi connectivity index (χ0) is 20.3. The number of carbonyl (C=O) groups is 1. The van der Waals surface area contributed by atoms with Crippen molar-refractivity contribution < 1.29 is 9.53 Å². The van der Waals surface area contributed by atoms with Gasteiger partial charge in [0.05, 0.1) is 6.61 Å². The van der Waals surface area contributed by atoms with E-state index in [2.05, 4.69) is 35.0 Å². The summed E-state index contributed by atoms with van der Waals surface area (Å²) in [5.74, 6) is 0. The molecular weight excluding hydrogens is 429 g/mol. The van der Waals surface area contributed by atoms with Gasteiger partial charge in [-0.05, 0) is 49.7 Å². The van der Waals surface area contributed by atoms with E-state index < -0.39 is 16.1 Å². The first-order valence-corrected chi connectivity index (χ1v) is 10.5. The highest BCUT2D eigenvalue weighted by Gasteiger charge is 2.35. The van der Waals surface area contributed by atoms with Gasteiger partial charge in [0, 0.05) is 5.69 Å².